The first-order chi connectivity index (χ1) is 26.6. The number of quaternary nitrogens is 1. The summed E-state index contributed by atoms with van der Waals surface area (Å²) in [6.45, 7) is 5.49. The summed E-state index contributed by atoms with van der Waals surface area (Å²) < 4.78 is 35.0. The Hall–Kier alpha value is -1.54. The molecule has 0 aromatic rings. The summed E-state index contributed by atoms with van der Waals surface area (Å²) in [6.07, 6.45) is 47.1. The van der Waals surface area contributed by atoms with E-state index in [4.69, 9.17) is 18.5 Å². The molecule has 0 rings (SSSR count). The van der Waals surface area contributed by atoms with Crippen molar-refractivity contribution in [2.45, 2.75) is 187 Å². The Morgan fingerprint density at radius 2 is 1.05 bits per heavy atom. The number of rotatable bonds is 41. The first-order valence-corrected chi connectivity index (χ1v) is 23.9. The lowest BCUT2D eigenvalue weighted by atomic mass is 10.0. The van der Waals surface area contributed by atoms with Crippen LogP contribution in [0.2, 0.25) is 0 Å². The monoisotopic (exact) mass is 797 g/mol. The summed E-state index contributed by atoms with van der Waals surface area (Å²) in [7, 11) is 1.65. The van der Waals surface area contributed by atoms with Gasteiger partial charge in [-0.15, -0.1) is 0 Å². The second-order valence-electron chi connectivity index (χ2n) is 16.1. The average molecular weight is 797 g/mol. The fourth-order valence-electron chi connectivity index (χ4n) is 5.96. The highest BCUT2D eigenvalue weighted by Crippen LogP contribution is 2.43. The molecule has 1 N–H and O–H groups in total. The zero-order chi connectivity index (χ0) is 40.6. The first-order valence-electron chi connectivity index (χ1n) is 22.4. The predicted octanol–water partition coefficient (Wildman–Crippen LogP) is 13.2. The number of allylic oxidation sites excluding steroid dienone is 8. The number of nitrogens with zero attached hydrogens (tertiary/aromatic N) is 1. The molecule has 0 radical (unpaired) electrons. The smallest absolute Gasteiger partial charge is 0.457 e. The zero-order valence-corrected chi connectivity index (χ0v) is 37.3. The number of hydrogen-bond donors (Lipinski definition) is 1. The third-order valence-corrected chi connectivity index (χ3v) is 10.4. The highest BCUT2D eigenvalue weighted by atomic mass is 31.2. The molecule has 0 fully saturated rings. The van der Waals surface area contributed by atoms with Gasteiger partial charge in [0.2, 0.25) is 0 Å². The Labute approximate surface area is 339 Å². The van der Waals surface area contributed by atoms with E-state index in [-0.39, 0.29) is 25.8 Å². The van der Waals surface area contributed by atoms with E-state index in [1.165, 1.54) is 89.9 Å². The second-order valence-corrected chi connectivity index (χ2v) is 17.5. The van der Waals surface area contributed by atoms with E-state index in [0.29, 0.717) is 24.1 Å². The Balaban J connectivity index is 4.27. The van der Waals surface area contributed by atoms with Crippen molar-refractivity contribution in [2.75, 3.05) is 54.1 Å². The van der Waals surface area contributed by atoms with Gasteiger partial charge in [-0.1, -0.05) is 172 Å². The topological polar surface area (TPSA) is 91.3 Å². The summed E-state index contributed by atoms with van der Waals surface area (Å²) in [5.41, 5.74) is 0. The third kappa shape index (κ3) is 43.4. The van der Waals surface area contributed by atoms with Gasteiger partial charge >= 0.3 is 13.8 Å². The molecule has 8 nitrogen and oxygen atoms in total. The van der Waals surface area contributed by atoms with Crippen LogP contribution in [0.3, 0.4) is 0 Å². The highest BCUT2D eigenvalue weighted by molar-refractivity contribution is 7.47. The fourth-order valence-corrected chi connectivity index (χ4v) is 6.70. The number of likely N-dealkylation sites (N-methyl/N-ethyl adjacent to an activating group) is 1. The van der Waals surface area contributed by atoms with Crippen molar-refractivity contribution in [3.05, 3.63) is 48.6 Å². The molecule has 9 heteroatoms. The largest absolute Gasteiger partial charge is 0.472 e. The van der Waals surface area contributed by atoms with E-state index >= 15 is 0 Å². The summed E-state index contributed by atoms with van der Waals surface area (Å²) in [4.78, 5) is 22.9. The van der Waals surface area contributed by atoms with Gasteiger partial charge in [-0.25, -0.2) is 4.57 Å². The second kappa shape index (κ2) is 39.3. The molecule has 0 aliphatic carbocycles. The van der Waals surface area contributed by atoms with Gasteiger partial charge in [0.1, 0.15) is 19.3 Å². The number of esters is 1. The molecule has 0 aromatic heterocycles. The maximum Gasteiger partial charge on any atom is 0.472 e. The van der Waals surface area contributed by atoms with E-state index in [2.05, 4.69) is 62.5 Å². The van der Waals surface area contributed by atoms with Crippen LogP contribution in [0.15, 0.2) is 48.6 Å². The minimum atomic E-state index is -4.28. The zero-order valence-electron chi connectivity index (χ0n) is 36.4. The molecule has 0 aliphatic heterocycles. The summed E-state index contributed by atoms with van der Waals surface area (Å²) in [6, 6.07) is 0. The van der Waals surface area contributed by atoms with Gasteiger partial charge in [-0.05, 0) is 51.4 Å². The van der Waals surface area contributed by atoms with E-state index in [1.807, 2.05) is 21.1 Å². The van der Waals surface area contributed by atoms with Crippen LogP contribution in [0.1, 0.15) is 181 Å². The molecule has 0 saturated heterocycles. The van der Waals surface area contributed by atoms with Crippen LogP contribution in [-0.2, 0) is 27.9 Å². The van der Waals surface area contributed by atoms with Crippen molar-refractivity contribution >= 4 is 13.8 Å². The summed E-state index contributed by atoms with van der Waals surface area (Å²) >= 11 is 0. The molecule has 0 aliphatic rings. The maximum atomic E-state index is 12.7. The number of phosphoric ester groups is 1. The van der Waals surface area contributed by atoms with Crippen LogP contribution in [0.25, 0.3) is 0 Å². The molecule has 322 valence electrons. The molecular formula is C46H87NO7P+. The number of carbonyl (C=O) groups excluding carboxylic acids is 1. The molecule has 0 bridgehead atoms. The fraction of sp³-hybridized carbons (Fsp3) is 0.804. The van der Waals surface area contributed by atoms with Crippen LogP contribution in [0, 0.1) is 0 Å². The molecular weight excluding hydrogens is 709 g/mol. The maximum absolute atomic E-state index is 12.7. The molecule has 0 aromatic carbocycles. The molecule has 0 amide bonds. The van der Waals surface area contributed by atoms with Crippen LogP contribution < -0.4 is 0 Å². The normalized spacial score (nSPS) is 14.2. The van der Waals surface area contributed by atoms with Crippen LogP contribution in [0.4, 0.5) is 0 Å². The van der Waals surface area contributed by atoms with E-state index in [0.717, 1.165) is 70.6 Å². The van der Waals surface area contributed by atoms with Gasteiger partial charge in [0.15, 0.2) is 0 Å². The molecule has 55 heavy (non-hydrogen) atoms. The average Bonchev–Trinajstić information content (AvgIpc) is 3.13. The standard InChI is InChI=1S/C46H86NO7P/c1-6-8-10-12-14-16-18-20-22-24-25-27-29-31-33-35-37-39-46(48)54-45(44-53-55(49,50)52-42-40-47(3,4)5)43-51-41-38-36-34-32-30-28-26-23-21-19-17-15-13-11-9-7-2/h8,10,14,16,20,22,25,27,45H,6-7,9,11-13,15,17-19,21,23-24,26,28-44H2,1-5H3/p+1/b10-8-,16-14-,22-20-,27-25-/t45-/m1/s1. The minimum absolute atomic E-state index is 0.0831. The number of ether oxygens (including phenoxy) is 2. The summed E-state index contributed by atoms with van der Waals surface area (Å²) in [5, 5.41) is 0. The van der Waals surface area contributed by atoms with Crippen molar-refractivity contribution in [3.8, 4) is 0 Å². The Morgan fingerprint density at radius 1 is 0.582 bits per heavy atom. The van der Waals surface area contributed by atoms with Crippen molar-refractivity contribution < 1.29 is 37.3 Å². The molecule has 0 spiro atoms. The van der Waals surface area contributed by atoms with Gasteiger partial charge in [0, 0.05) is 13.0 Å². The van der Waals surface area contributed by atoms with Crippen molar-refractivity contribution in [2.24, 2.45) is 0 Å². The predicted molar refractivity (Wildman–Crippen MR) is 233 cm³/mol. The quantitative estimate of drug-likeness (QED) is 0.0217. The van der Waals surface area contributed by atoms with Crippen LogP contribution in [0.5, 0.6) is 0 Å². The Kier molecular flexibility index (Phi) is 38.2. The number of carbonyl (C=O) groups is 1. The van der Waals surface area contributed by atoms with Crippen molar-refractivity contribution in [1.82, 2.24) is 0 Å². The van der Waals surface area contributed by atoms with E-state index < -0.39 is 13.9 Å². The van der Waals surface area contributed by atoms with Crippen LogP contribution >= 0.6 is 7.82 Å². The molecule has 2 atom stereocenters. The van der Waals surface area contributed by atoms with Gasteiger partial charge in [0.25, 0.3) is 0 Å². The van der Waals surface area contributed by atoms with Crippen LogP contribution in [-0.4, -0.2) is 75.6 Å². The van der Waals surface area contributed by atoms with E-state index in [9.17, 15) is 14.3 Å². The lowest BCUT2D eigenvalue weighted by Gasteiger charge is -2.24. The highest BCUT2D eigenvalue weighted by Gasteiger charge is 2.26. The van der Waals surface area contributed by atoms with E-state index in [1.54, 1.807) is 0 Å². The number of unbranched alkanes of at least 4 members (excludes halogenated alkanes) is 19. The molecule has 0 saturated carbocycles. The summed E-state index contributed by atoms with van der Waals surface area (Å²) in [5.74, 6) is -0.336. The van der Waals surface area contributed by atoms with Crippen molar-refractivity contribution in [1.29, 1.82) is 0 Å². The minimum Gasteiger partial charge on any atom is -0.457 e. The first kappa shape index (κ1) is 53.5. The Bertz CT molecular complexity index is 1020. The SMILES string of the molecule is CC/C=C\C/C=C\C/C=C\C/C=C\CCCCCCC(=O)O[C@H](COCCCCCCCCCCCCCCCCCC)COP(=O)(O)OCC[N+](C)(C)C. The van der Waals surface area contributed by atoms with Crippen molar-refractivity contribution in [3.63, 3.8) is 0 Å². The molecule has 0 heterocycles. The van der Waals surface area contributed by atoms with Gasteiger partial charge in [0.05, 0.1) is 34.4 Å². The van der Waals surface area contributed by atoms with Gasteiger partial charge < -0.3 is 18.9 Å². The lowest BCUT2D eigenvalue weighted by Crippen LogP contribution is -2.37. The Morgan fingerprint density at radius 3 is 1.58 bits per heavy atom. The van der Waals surface area contributed by atoms with Gasteiger partial charge in [-0.3, -0.25) is 13.8 Å². The number of hydrogen-bond acceptors (Lipinski definition) is 6. The molecule has 1 unspecified atom stereocenters. The van der Waals surface area contributed by atoms with Gasteiger partial charge in [-0.2, -0.15) is 0 Å². The third-order valence-electron chi connectivity index (χ3n) is 9.40. The number of phosphoric acid groups is 1. The lowest BCUT2D eigenvalue weighted by molar-refractivity contribution is -0.870.